The van der Waals surface area contributed by atoms with Crippen LogP contribution in [0.1, 0.15) is 47.0 Å². The van der Waals surface area contributed by atoms with Gasteiger partial charge in [0.1, 0.15) is 5.41 Å². The van der Waals surface area contributed by atoms with Crippen molar-refractivity contribution in [3.63, 3.8) is 0 Å². The van der Waals surface area contributed by atoms with E-state index in [1.807, 2.05) is 27.7 Å². The van der Waals surface area contributed by atoms with Crippen molar-refractivity contribution in [2.24, 2.45) is 23.0 Å². The molecule has 0 unspecified atom stereocenters. The number of hydrogen-bond acceptors (Lipinski definition) is 3. The fourth-order valence-electron chi connectivity index (χ4n) is 2.33. The zero-order valence-electron chi connectivity index (χ0n) is 11.5. The number of carboxylic acid groups (broad SMARTS) is 1. The van der Waals surface area contributed by atoms with E-state index < -0.39 is 29.5 Å². The third-order valence-corrected chi connectivity index (χ3v) is 2.79. The Morgan fingerprint density at radius 1 is 1.06 bits per heavy atom. The SMILES string of the molecule is CC(C)CC(CC(C)C)(C(=O)O)C(=O)CC(N)=O. The number of primary amides is 1. The number of hydrogen-bond donors (Lipinski definition) is 2. The third-order valence-electron chi connectivity index (χ3n) is 2.79. The van der Waals surface area contributed by atoms with Crippen LogP contribution in [0, 0.1) is 17.3 Å². The van der Waals surface area contributed by atoms with Gasteiger partial charge in [-0.05, 0) is 24.7 Å². The lowest BCUT2D eigenvalue weighted by molar-refractivity contribution is -0.158. The van der Waals surface area contributed by atoms with Gasteiger partial charge in [-0.3, -0.25) is 14.4 Å². The first kappa shape index (κ1) is 16.6. The zero-order chi connectivity index (χ0) is 14.5. The highest BCUT2D eigenvalue weighted by Crippen LogP contribution is 2.36. The third kappa shape index (κ3) is 4.47. The van der Waals surface area contributed by atoms with E-state index in [1.165, 1.54) is 0 Å². The van der Waals surface area contributed by atoms with Crippen LogP contribution in [0.5, 0.6) is 0 Å². The predicted octanol–water partition coefficient (Wildman–Crippen LogP) is 1.59. The van der Waals surface area contributed by atoms with Crippen LogP contribution in [0.25, 0.3) is 0 Å². The van der Waals surface area contributed by atoms with Crippen molar-refractivity contribution in [2.75, 3.05) is 0 Å². The van der Waals surface area contributed by atoms with Crippen molar-refractivity contribution >= 4 is 17.7 Å². The summed E-state index contributed by atoms with van der Waals surface area (Å²) in [5.74, 6) is -2.41. The predicted molar refractivity (Wildman–Crippen MR) is 67.8 cm³/mol. The Bertz CT molecular complexity index is 324. The fraction of sp³-hybridized carbons (Fsp3) is 0.769. The molecule has 0 aromatic heterocycles. The lowest BCUT2D eigenvalue weighted by Crippen LogP contribution is -2.43. The summed E-state index contributed by atoms with van der Waals surface area (Å²) < 4.78 is 0. The number of carbonyl (C=O) groups excluding carboxylic acids is 2. The van der Waals surface area contributed by atoms with E-state index in [0.717, 1.165) is 0 Å². The van der Waals surface area contributed by atoms with Crippen molar-refractivity contribution < 1.29 is 19.5 Å². The van der Waals surface area contributed by atoms with Gasteiger partial charge in [0.15, 0.2) is 5.78 Å². The molecule has 0 rings (SSSR count). The van der Waals surface area contributed by atoms with Crippen LogP contribution < -0.4 is 5.73 Å². The van der Waals surface area contributed by atoms with E-state index in [0.29, 0.717) is 0 Å². The second kappa shape index (κ2) is 6.52. The number of rotatable bonds is 8. The summed E-state index contributed by atoms with van der Waals surface area (Å²) in [7, 11) is 0. The van der Waals surface area contributed by atoms with Crippen LogP contribution in [0.2, 0.25) is 0 Å². The van der Waals surface area contributed by atoms with Crippen molar-refractivity contribution in [1.82, 2.24) is 0 Å². The number of Topliss-reactive ketones (excluding diaryl/α,β-unsaturated/α-hetero) is 1. The molecule has 0 aromatic rings. The van der Waals surface area contributed by atoms with Crippen LogP contribution in [0.3, 0.4) is 0 Å². The molecule has 0 atom stereocenters. The first-order valence-corrected chi connectivity index (χ1v) is 6.16. The molecule has 104 valence electrons. The van der Waals surface area contributed by atoms with Crippen LogP contribution in [-0.4, -0.2) is 22.8 Å². The summed E-state index contributed by atoms with van der Waals surface area (Å²) >= 11 is 0. The zero-order valence-corrected chi connectivity index (χ0v) is 11.5. The largest absolute Gasteiger partial charge is 0.480 e. The van der Waals surface area contributed by atoms with Gasteiger partial charge in [-0.1, -0.05) is 27.7 Å². The number of carboxylic acids is 1. The molecule has 0 heterocycles. The van der Waals surface area contributed by atoms with E-state index in [-0.39, 0.29) is 24.7 Å². The second-order valence-corrected chi connectivity index (χ2v) is 5.65. The molecular weight excluding hydrogens is 234 g/mol. The molecule has 0 bridgehead atoms. The first-order chi connectivity index (χ1) is 8.11. The molecule has 0 aliphatic carbocycles. The highest BCUT2D eigenvalue weighted by atomic mass is 16.4. The lowest BCUT2D eigenvalue weighted by atomic mass is 9.70. The number of aliphatic carboxylic acids is 1. The lowest BCUT2D eigenvalue weighted by Gasteiger charge is -2.31. The first-order valence-electron chi connectivity index (χ1n) is 6.16. The number of nitrogens with two attached hydrogens (primary N) is 1. The molecule has 0 aliphatic rings. The molecule has 0 saturated carbocycles. The molecule has 1 amide bonds. The van der Waals surface area contributed by atoms with Gasteiger partial charge in [0, 0.05) is 0 Å². The number of carbonyl (C=O) groups is 3. The molecule has 0 fully saturated rings. The quantitative estimate of drug-likeness (QED) is 0.645. The summed E-state index contributed by atoms with van der Waals surface area (Å²) in [6.07, 6.45) is -0.0506. The summed E-state index contributed by atoms with van der Waals surface area (Å²) in [6, 6.07) is 0. The van der Waals surface area contributed by atoms with Gasteiger partial charge >= 0.3 is 5.97 Å². The standard InChI is InChI=1S/C13H23NO4/c1-8(2)6-13(12(17)18,7-9(3)4)10(15)5-11(14)16/h8-9H,5-7H2,1-4H3,(H2,14,16)(H,17,18). The Morgan fingerprint density at radius 2 is 1.44 bits per heavy atom. The molecule has 18 heavy (non-hydrogen) atoms. The maximum atomic E-state index is 12.1. The van der Waals surface area contributed by atoms with Gasteiger partial charge in [-0.2, -0.15) is 0 Å². The van der Waals surface area contributed by atoms with Crippen LogP contribution in [0.15, 0.2) is 0 Å². The van der Waals surface area contributed by atoms with Crippen molar-refractivity contribution in [2.45, 2.75) is 47.0 Å². The fourth-order valence-corrected chi connectivity index (χ4v) is 2.33. The van der Waals surface area contributed by atoms with E-state index in [4.69, 9.17) is 5.73 Å². The van der Waals surface area contributed by atoms with Gasteiger partial charge in [0.2, 0.25) is 5.91 Å². The van der Waals surface area contributed by atoms with Crippen LogP contribution in [-0.2, 0) is 14.4 Å². The number of ketones is 1. The topological polar surface area (TPSA) is 97.5 Å². The average molecular weight is 257 g/mol. The molecular formula is C13H23NO4. The minimum atomic E-state index is -1.49. The Labute approximate surface area is 108 Å². The summed E-state index contributed by atoms with van der Waals surface area (Å²) in [4.78, 5) is 34.5. The highest BCUT2D eigenvalue weighted by molar-refractivity contribution is 6.09. The van der Waals surface area contributed by atoms with Gasteiger partial charge in [-0.15, -0.1) is 0 Å². The van der Waals surface area contributed by atoms with Gasteiger partial charge in [0.05, 0.1) is 6.42 Å². The monoisotopic (exact) mass is 257 g/mol. The average Bonchev–Trinajstić information content (AvgIpc) is 2.13. The molecule has 0 saturated heterocycles. The Kier molecular flexibility index (Phi) is 6.01. The van der Waals surface area contributed by atoms with E-state index in [9.17, 15) is 19.5 Å². The molecule has 5 nitrogen and oxygen atoms in total. The molecule has 0 aliphatic heterocycles. The van der Waals surface area contributed by atoms with Crippen molar-refractivity contribution in [3.05, 3.63) is 0 Å². The van der Waals surface area contributed by atoms with Crippen molar-refractivity contribution in [3.8, 4) is 0 Å². The summed E-state index contributed by atoms with van der Waals surface area (Å²) in [5.41, 5.74) is 3.51. The van der Waals surface area contributed by atoms with Gasteiger partial charge in [0.25, 0.3) is 0 Å². The maximum Gasteiger partial charge on any atom is 0.317 e. The molecule has 0 aromatic carbocycles. The molecule has 0 radical (unpaired) electrons. The van der Waals surface area contributed by atoms with E-state index in [1.54, 1.807) is 0 Å². The Balaban J connectivity index is 5.37. The second-order valence-electron chi connectivity index (χ2n) is 5.65. The van der Waals surface area contributed by atoms with E-state index >= 15 is 0 Å². The highest BCUT2D eigenvalue weighted by Gasteiger charge is 2.46. The smallest absolute Gasteiger partial charge is 0.317 e. The summed E-state index contributed by atoms with van der Waals surface area (Å²) in [6.45, 7) is 7.43. The van der Waals surface area contributed by atoms with Crippen molar-refractivity contribution in [1.29, 1.82) is 0 Å². The number of amides is 1. The molecule has 3 N–H and O–H groups in total. The van der Waals surface area contributed by atoms with Gasteiger partial charge in [-0.25, -0.2) is 0 Å². The molecule has 0 spiro atoms. The minimum Gasteiger partial charge on any atom is -0.480 e. The van der Waals surface area contributed by atoms with Crippen LogP contribution in [0.4, 0.5) is 0 Å². The molecule has 5 heteroatoms. The van der Waals surface area contributed by atoms with Gasteiger partial charge < -0.3 is 10.8 Å². The maximum absolute atomic E-state index is 12.1. The summed E-state index contributed by atoms with van der Waals surface area (Å²) in [5, 5.41) is 9.43. The normalized spacial score (nSPS) is 11.9. The minimum absolute atomic E-state index is 0.0525. The Morgan fingerprint density at radius 3 is 1.67 bits per heavy atom. The van der Waals surface area contributed by atoms with Crippen LogP contribution >= 0.6 is 0 Å². The Hall–Kier alpha value is -1.39. The van der Waals surface area contributed by atoms with E-state index in [2.05, 4.69) is 0 Å².